The quantitative estimate of drug-likeness (QED) is 0.824. The topological polar surface area (TPSA) is 61.9 Å². The van der Waals surface area contributed by atoms with Crippen molar-refractivity contribution in [2.24, 2.45) is 11.8 Å². The smallest absolute Gasteiger partial charge is 0.227 e. The standard InChI is InChI=1S/C23H33N3O3/c1-16(27)24-13-21-19-11-18(20-8-5-6-10-26(20)21)14-25(15-19)23(28)12-17-7-3-4-9-22(17)29-2/h3-4,7,9,18-21H,5-6,8,10-15H2,1-2H3,(H,24,27)/t18-,19+,20+,21+/m1/s1. The van der Waals surface area contributed by atoms with Gasteiger partial charge in [0.25, 0.3) is 0 Å². The van der Waals surface area contributed by atoms with E-state index in [2.05, 4.69) is 15.1 Å². The summed E-state index contributed by atoms with van der Waals surface area (Å²) in [5, 5.41) is 3.05. The molecule has 2 amide bonds. The summed E-state index contributed by atoms with van der Waals surface area (Å²) >= 11 is 0. The Morgan fingerprint density at radius 3 is 2.76 bits per heavy atom. The van der Waals surface area contributed by atoms with Crippen LogP contribution in [0.15, 0.2) is 24.3 Å². The Kier molecular flexibility index (Phi) is 6.09. The Labute approximate surface area is 173 Å². The fourth-order valence-electron chi connectivity index (χ4n) is 5.76. The molecule has 0 aliphatic carbocycles. The summed E-state index contributed by atoms with van der Waals surface area (Å²) in [6, 6.07) is 8.66. The Balaban J connectivity index is 1.50. The van der Waals surface area contributed by atoms with Crippen molar-refractivity contribution < 1.29 is 14.3 Å². The number of fused-ring (bicyclic) bond motifs is 4. The Morgan fingerprint density at radius 2 is 1.97 bits per heavy atom. The zero-order chi connectivity index (χ0) is 20.4. The Morgan fingerprint density at radius 1 is 1.17 bits per heavy atom. The summed E-state index contributed by atoms with van der Waals surface area (Å²) in [5.41, 5.74) is 0.949. The first kappa shape index (κ1) is 20.2. The molecule has 0 spiro atoms. The number of benzene rings is 1. The Bertz CT molecular complexity index is 753. The van der Waals surface area contributed by atoms with E-state index < -0.39 is 0 Å². The van der Waals surface area contributed by atoms with Crippen molar-refractivity contribution in [2.75, 3.05) is 33.3 Å². The summed E-state index contributed by atoms with van der Waals surface area (Å²) in [7, 11) is 1.65. The summed E-state index contributed by atoms with van der Waals surface area (Å²) in [6.07, 6.45) is 5.27. The number of rotatable bonds is 5. The van der Waals surface area contributed by atoms with Gasteiger partial charge in [-0.1, -0.05) is 24.6 Å². The summed E-state index contributed by atoms with van der Waals surface area (Å²) in [6.45, 7) is 5.05. The van der Waals surface area contributed by atoms with Gasteiger partial charge >= 0.3 is 0 Å². The van der Waals surface area contributed by atoms with Gasteiger partial charge in [-0.2, -0.15) is 0 Å². The molecule has 6 heteroatoms. The number of para-hydroxylation sites is 1. The molecule has 3 heterocycles. The lowest BCUT2D eigenvalue weighted by atomic mass is 9.72. The van der Waals surface area contributed by atoms with Crippen LogP contribution in [0.3, 0.4) is 0 Å². The molecule has 3 saturated heterocycles. The average Bonchev–Trinajstić information content (AvgIpc) is 2.73. The van der Waals surface area contributed by atoms with E-state index in [1.54, 1.807) is 14.0 Å². The molecular weight excluding hydrogens is 366 g/mol. The van der Waals surface area contributed by atoms with Crippen molar-refractivity contribution >= 4 is 11.8 Å². The summed E-state index contributed by atoms with van der Waals surface area (Å²) in [4.78, 5) is 29.5. The van der Waals surface area contributed by atoms with Crippen LogP contribution < -0.4 is 10.1 Å². The van der Waals surface area contributed by atoms with E-state index in [0.717, 1.165) is 30.9 Å². The molecule has 0 radical (unpaired) electrons. The van der Waals surface area contributed by atoms with Crippen LogP contribution in [0, 0.1) is 11.8 Å². The number of carbonyl (C=O) groups is 2. The predicted octanol–water partition coefficient (Wildman–Crippen LogP) is 2.08. The monoisotopic (exact) mass is 399 g/mol. The van der Waals surface area contributed by atoms with Crippen molar-refractivity contribution in [3.63, 3.8) is 0 Å². The normalized spacial score (nSPS) is 29.1. The average molecular weight is 400 g/mol. The number of piperidine rings is 3. The molecule has 0 aromatic heterocycles. The largest absolute Gasteiger partial charge is 0.496 e. The predicted molar refractivity (Wildman–Crippen MR) is 112 cm³/mol. The van der Waals surface area contributed by atoms with Crippen LogP contribution in [0.2, 0.25) is 0 Å². The van der Waals surface area contributed by atoms with Crippen molar-refractivity contribution in [2.45, 2.75) is 51.1 Å². The number of methoxy groups -OCH3 is 1. The van der Waals surface area contributed by atoms with E-state index in [4.69, 9.17) is 4.74 Å². The maximum atomic E-state index is 13.2. The van der Waals surface area contributed by atoms with E-state index in [1.807, 2.05) is 24.3 Å². The highest BCUT2D eigenvalue weighted by molar-refractivity contribution is 5.79. The zero-order valence-corrected chi connectivity index (χ0v) is 17.6. The minimum atomic E-state index is 0.0283. The van der Waals surface area contributed by atoms with Gasteiger partial charge < -0.3 is 15.0 Å². The molecule has 1 aromatic carbocycles. The second-order valence-corrected chi connectivity index (χ2v) is 8.85. The van der Waals surface area contributed by atoms with Crippen LogP contribution in [0.1, 0.15) is 38.2 Å². The molecule has 6 nitrogen and oxygen atoms in total. The van der Waals surface area contributed by atoms with Gasteiger partial charge in [0.1, 0.15) is 5.75 Å². The van der Waals surface area contributed by atoms with E-state index >= 15 is 0 Å². The number of nitrogens with one attached hydrogen (secondary N) is 1. The first-order chi connectivity index (χ1) is 14.1. The highest BCUT2D eigenvalue weighted by Gasteiger charge is 2.47. The molecule has 3 fully saturated rings. The number of hydrogen-bond acceptors (Lipinski definition) is 4. The van der Waals surface area contributed by atoms with Crippen molar-refractivity contribution in [1.82, 2.24) is 15.1 Å². The van der Waals surface area contributed by atoms with Gasteiger partial charge in [-0.15, -0.1) is 0 Å². The molecule has 4 rings (SSSR count). The van der Waals surface area contributed by atoms with Gasteiger partial charge in [0.2, 0.25) is 11.8 Å². The molecule has 2 bridgehead atoms. The zero-order valence-electron chi connectivity index (χ0n) is 17.6. The van der Waals surface area contributed by atoms with Crippen LogP contribution in [0.5, 0.6) is 5.75 Å². The number of carbonyl (C=O) groups excluding carboxylic acids is 2. The van der Waals surface area contributed by atoms with Crippen LogP contribution in [-0.2, 0) is 16.0 Å². The van der Waals surface area contributed by atoms with Gasteiger partial charge in [-0.05, 0) is 43.7 Å². The third-order valence-electron chi connectivity index (χ3n) is 7.07. The third-order valence-corrected chi connectivity index (χ3v) is 7.07. The molecule has 3 aliphatic heterocycles. The minimum absolute atomic E-state index is 0.0283. The molecule has 4 atom stereocenters. The van der Waals surface area contributed by atoms with E-state index in [9.17, 15) is 9.59 Å². The minimum Gasteiger partial charge on any atom is -0.496 e. The summed E-state index contributed by atoms with van der Waals surface area (Å²) in [5.74, 6) is 1.97. The van der Waals surface area contributed by atoms with E-state index in [1.165, 1.54) is 25.7 Å². The fraction of sp³-hybridized carbons (Fsp3) is 0.652. The Hall–Kier alpha value is -2.08. The number of hydrogen-bond donors (Lipinski definition) is 1. The SMILES string of the molecule is COc1ccccc1CC(=O)N1C[C@H]2C[C@@H](C1)[C@H](CNC(C)=O)N1CCCC[C@@H]21. The number of nitrogens with zero attached hydrogens (tertiary/aromatic N) is 2. The van der Waals surface area contributed by atoms with Crippen molar-refractivity contribution in [1.29, 1.82) is 0 Å². The highest BCUT2D eigenvalue weighted by atomic mass is 16.5. The van der Waals surface area contributed by atoms with Gasteiger partial charge in [-0.3, -0.25) is 14.5 Å². The van der Waals surface area contributed by atoms with Gasteiger partial charge in [0.15, 0.2) is 0 Å². The second kappa shape index (κ2) is 8.74. The third kappa shape index (κ3) is 4.27. The maximum Gasteiger partial charge on any atom is 0.227 e. The molecule has 158 valence electrons. The number of ether oxygens (including phenoxy) is 1. The first-order valence-electron chi connectivity index (χ1n) is 11.0. The highest BCUT2D eigenvalue weighted by Crippen LogP contribution is 2.41. The van der Waals surface area contributed by atoms with Crippen LogP contribution in [0.25, 0.3) is 0 Å². The first-order valence-corrected chi connectivity index (χ1v) is 11.0. The molecule has 0 unspecified atom stereocenters. The molecule has 1 N–H and O–H groups in total. The van der Waals surface area contributed by atoms with Crippen molar-refractivity contribution in [3.05, 3.63) is 29.8 Å². The van der Waals surface area contributed by atoms with Gasteiger partial charge in [-0.25, -0.2) is 0 Å². The summed E-state index contributed by atoms with van der Waals surface area (Å²) < 4.78 is 5.43. The lowest BCUT2D eigenvalue weighted by Gasteiger charge is -2.56. The van der Waals surface area contributed by atoms with Gasteiger partial charge in [0.05, 0.1) is 13.5 Å². The molecular formula is C23H33N3O3. The van der Waals surface area contributed by atoms with Crippen LogP contribution in [-0.4, -0.2) is 67.0 Å². The van der Waals surface area contributed by atoms with E-state index in [0.29, 0.717) is 36.9 Å². The fourth-order valence-corrected chi connectivity index (χ4v) is 5.76. The van der Waals surface area contributed by atoms with Gasteiger partial charge in [0, 0.05) is 44.2 Å². The number of amides is 2. The maximum absolute atomic E-state index is 13.2. The van der Waals surface area contributed by atoms with Crippen LogP contribution >= 0.6 is 0 Å². The molecule has 29 heavy (non-hydrogen) atoms. The molecule has 3 aliphatic rings. The lowest BCUT2D eigenvalue weighted by molar-refractivity contribution is -0.140. The second-order valence-electron chi connectivity index (χ2n) is 8.85. The van der Waals surface area contributed by atoms with E-state index in [-0.39, 0.29) is 11.8 Å². The lowest BCUT2D eigenvalue weighted by Crippen LogP contribution is -2.66. The molecule has 0 saturated carbocycles. The van der Waals surface area contributed by atoms with Crippen molar-refractivity contribution in [3.8, 4) is 5.75 Å². The van der Waals surface area contributed by atoms with Crippen LogP contribution in [0.4, 0.5) is 0 Å². The number of likely N-dealkylation sites (tertiary alicyclic amines) is 1. The molecule has 1 aromatic rings.